The van der Waals surface area contributed by atoms with Crippen molar-refractivity contribution in [2.75, 3.05) is 0 Å². The molecule has 0 aromatic rings. The minimum Gasteiger partial charge on any atom is -0.480 e. The van der Waals surface area contributed by atoms with Crippen LogP contribution in [-0.4, -0.2) is 17.1 Å². The quantitative estimate of drug-likeness (QED) is 0.593. The van der Waals surface area contributed by atoms with Crippen LogP contribution in [0.2, 0.25) is 0 Å². The van der Waals surface area contributed by atoms with Gasteiger partial charge < -0.3 is 10.8 Å². The van der Waals surface area contributed by atoms with Gasteiger partial charge in [0.15, 0.2) is 0 Å². The molecule has 2 atom stereocenters. The lowest BCUT2D eigenvalue weighted by Crippen LogP contribution is -2.31. The summed E-state index contributed by atoms with van der Waals surface area (Å²) < 4.78 is 0. The molecule has 0 fully saturated rings. The molecule has 0 saturated heterocycles. The Balaban J connectivity index is 3.60. The van der Waals surface area contributed by atoms with Gasteiger partial charge in [-0.2, -0.15) is 0 Å². The molecule has 70 valence electrons. The van der Waals surface area contributed by atoms with Gasteiger partial charge in [0, 0.05) is 0 Å². The molecule has 0 aliphatic heterocycles. The molecule has 0 amide bonds. The van der Waals surface area contributed by atoms with Crippen LogP contribution in [0.4, 0.5) is 0 Å². The minimum absolute atomic E-state index is 0.356. The third-order valence-electron chi connectivity index (χ3n) is 1.84. The van der Waals surface area contributed by atoms with Crippen molar-refractivity contribution in [1.82, 2.24) is 0 Å². The Labute approximate surface area is 73.3 Å². The first-order valence-electron chi connectivity index (χ1n) is 4.17. The Bertz CT molecular complexity index is 157. The van der Waals surface area contributed by atoms with Gasteiger partial charge in [-0.25, -0.2) is 0 Å². The first-order valence-corrected chi connectivity index (χ1v) is 4.17. The van der Waals surface area contributed by atoms with Crippen LogP contribution < -0.4 is 5.73 Å². The van der Waals surface area contributed by atoms with Gasteiger partial charge in [-0.1, -0.05) is 13.0 Å². The van der Waals surface area contributed by atoms with E-state index in [2.05, 4.69) is 6.58 Å². The normalized spacial score (nSPS) is 15.2. The second-order valence-electron chi connectivity index (χ2n) is 3.15. The van der Waals surface area contributed by atoms with Gasteiger partial charge in [-0.05, 0) is 25.2 Å². The maximum atomic E-state index is 10.4. The molecule has 0 aromatic heterocycles. The summed E-state index contributed by atoms with van der Waals surface area (Å²) in [5.74, 6) is -0.561. The van der Waals surface area contributed by atoms with Crippen LogP contribution in [0.25, 0.3) is 0 Å². The van der Waals surface area contributed by atoms with Gasteiger partial charge in [0.25, 0.3) is 0 Å². The van der Waals surface area contributed by atoms with Crippen molar-refractivity contribution in [2.45, 2.75) is 32.2 Å². The van der Waals surface area contributed by atoms with Crippen LogP contribution in [0, 0.1) is 5.92 Å². The van der Waals surface area contributed by atoms with E-state index in [1.165, 1.54) is 0 Å². The topological polar surface area (TPSA) is 63.3 Å². The highest BCUT2D eigenvalue weighted by Gasteiger charge is 2.14. The van der Waals surface area contributed by atoms with Gasteiger partial charge in [0.1, 0.15) is 6.04 Å². The van der Waals surface area contributed by atoms with Crippen LogP contribution in [0.3, 0.4) is 0 Å². The summed E-state index contributed by atoms with van der Waals surface area (Å²) in [6.45, 7) is 5.61. The maximum absolute atomic E-state index is 10.4. The molecule has 3 heteroatoms. The molecule has 3 nitrogen and oxygen atoms in total. The summed E-state index contributed by atoms with van der Waals surface area (Å²) in [4.78, 5) is 10.4. The number of carboxylic acids is 1. The van der Waals surface area contributed by atoms with Crippen molar-refractivity contribution in [3.63, 3.8) is 0 Å². The van der Waals surface area contributed by atoms with Crippen LogP contribution in [0.15, 0.2) is 12.7 Å². The third kappa shape index (κ3) is 4.91. The van der Waals surface area contributed by atoms with Crippen LogP contribution in [0.1, 0.15) is 26.2 Å². The lowest BCUT2D eigenvalue weighted by atomic mass is 9.97. The van der Waals surface area contributed by atoms with Gasteiger partial charge in [-0.15, -0.1) is 6.58 Å². The highest BCUT2D eigenvalue weighted by molar-refractivity contribution is 5.72. The van der Waals surface area contributed by atoms with E-state index in [9.17, 15) is 4.79 Å². The van der Waals surface area contributed by atoms with E-state index in [4.69, 9.17) is 10.8 Å². The second-order valence-corrected chi connectivity index (χ2v) is 3.15. The van der Waals surface area contributed by atoms with Crippen molar-refractivity contribution in [2.24, 2.45) is 11.7 Å². The molecule has 0 spiro atoms. The summed E-state index contributed by atoms with van der Waals surface area (Å²) in [5, 5.41) is 8.51. The number of allylic oxidation sites excluding steroid dienone is 1. The summed E-state index contributed by atoms with van der Waals surface area (Å²) in [6, 6.07) is -0.718. The average molecular weight is 171 g/mol. The maximum Gasteiger partial charge on any atom is 0.320 e. The minimum atomic E-state index is -0.916. The van der Waals surface area contributed by atoms with Gasteiger partial charge in [0.05, 0.1) is 0 Å². The Hall–Kier alpha value is -0.830. The number of carboxylic acid groups (broad SMARTS) is 1. The molecular formula is C9H17NO2. The first-order chi connectivity index (χ1) is 5.57. The van der Waals surface area contributed by atoms with Gasteiger partial charge >= 0.3 is 5.97 Å². The molecule has 0 aliphatic rings. The molecular weight excluding hydrogens is 154 g/mol. The Morgan fingerprint density at radius 1 is 1.75 bits per heavy atom. The molecule has 0 radical (unpaired) electrons. The number of rotatable bonds is 6. The SMILES string of the molecule is C=CCC[C@@H](C)C[C@H](N)C(=O)O. The zero-order valence-electron chi connectivity index (χ0n) is 7.49. The predicted octanol–water partition coefficient (Wildman–Crippen LogP) is 1.39. The summed E-state index contributed by atoms with van der Waals surface area (Å²) >= 11 is 0. The molecule has 0 aromatic carbocycles. The van der Waals surface area contributed by atoms with Crippen LogP contribution >= 0.6 is 0 Å². The standard InChI is InChI=1S/C9H17NO2/c1-3-4-5-7(2)6-8(10)9(11)12/h3,7-8H,1,4-6,10H2,2H3,(H,11,12)/t7-,8+/m1/s1. The molecule has 0 rings (SSSR count). The fourth-order valence-corrected chi connectivity index (χ4v) is 1.05. The van der Waals surface area contributed by atoms with E-state index >= 15 is 0 Å². The van der Waals surface area contributed by atoms with E-state index in [1.54, 1.807) is 0 Å². The predicted molar refractivity (Wildman–Crippen MR) is 48.8 cm³/mol. The fourth-order valence-electron chi connectivity index (χ4n) is 1.05. The van der Waals surface area contributed by atoms with Crippen molar-refractivity contribution in [3.05, 3.63) is 12.7 Å². The Kier molecular flexibility index (Phi) is 5.37. The fraction of sp³-hybridized carbons (Fsp3) is 0.667. The van der Waals surface area contributed by atoms with Crippen LogP contribution in [-0.2, 0) is 4.79 Å². The first kappa shape index (κ1) is 11.2. The van der Waals surface area contributed by atoms with Gasteiger partial charge in [-0.3, -0.25) is 4.79 Å². The molecule has 0 aliphatic carbocycles. The average Bonchev–Trinajstić information content (AvgIpc) is 2.00. The van der Waals surface area contributed by atoms with Crippen molar-refractivity contribution in [3.8, 4) is 0 Å². The number of hydrogen-bond donors (Lipinski definition) is 2. The van der Waals surface area contributed by atoms with E-state index in [0.29, 0.717) is 12.3 Å². The third-order valence-corrected chi connectivity index (χ3v) is 1.84. The van der Waals surface area contributed by atoms with E-state index in [0.717, 1.165) is 12.8 Å². The van der Waals surface area contributed by atoms with E-state index in [-0.39, 0.29) is 0 Å². The number of carbonyl (C=O) groups is 1. The number of hydrogen-bond acceptors (Lipinski definition) is 2. The lowest BCUT2D eigenvalue weighted by Gasteiger charge is -2.12. The Morgan fingerprint density at radius 2 is 2.33 bits per heavy atom. The van der Waals surface area contributed by atoms with E-state index < -0.39 is 12.0 Å². The molecule has 0 bridgehead atoms. The number of aliphatic carboxylic acids is 1. The highest BCUT2D eigenvalue weighted by atomic mass is 16.4. The number of nitrogens with two attached hydrogens (primary N) is 1. The zero-order valence-corrected chi connectivity index (χ0v) is 7.49. The summed E-state index contributed by atoms with van der Waals surface area (Å²) in [5.41, 5.74) is 5.36. The van der Waals surface area contributed by atoms with Gasteiger partial charge in [0.2, 0.25) is 0 Å². The molecule has 12 heavy (non-hydrogen) atoms. The van der Waals surface area contributed by atoms with Crippen molar-refractivity contribution >= 4 is 5.97 Å². The van der Waals surface area contributed by atoms with Crippen LogP contribution in [0.5, 0.6) is 0 Å². The molecule has 3 N–H and O–H groups in total. The zero-order chi connectivity index (χ0) is 9.56. The largest absolute Gasteiger partial charge is 0.480 e. The van der Waals surface area contributed by atoms with Crippen molar-refractivity contribution < 1.29 is 9.90 Å². The monoisotopic (exact) mass is 171 g/mol. The molecule has 0 unspecified atom stereocenters. The van der Waals surface area contributed by atoms with Crippen molar-refractivity contribution in [1.29, 1.82) is 0 Å². The van der Waals surface area contributed by atoms with E-state index in [1.807, 2.05) is 13.0 Å². The smallest absolute Gasteiger partial charge is 0.320 e. The lowest BCUT2D eigenvalue weighted by molar-refractivity contribution is -0.138. The second kappa shape index (κ2) is 5.77. The summed E-state index contributed by atoms with van der Waals surface area (Å²) in [7, 11) is 0. The Morgan fingerprint density at radius 3 is 2.75 bits per heavy atom. The summed E-state index contributed by atoms with van der Waals surface area (Å²) in [6.07, 6.45) is 4.27. The molecule has 0 heterocycles. The highest BCUT2D eigenvalue weighted by Crippen LogP contribution is 2.11. The molecule has 0 saturated carbocycles.